The van der Waals surface area contributed by atoms with Crippen LogP contribution in [0.4, 0.5) is 4.79 Å². The number of nitrogens with zero attached hydrogens (tertiary/aromatic N) is 2. The lowest BCUT2D eigenvalue weighted by molar-refractivity contribution is 0.0773. The first-order valence-corrected chi connectivity index (χ1v) is 18.6. The number of aromatic nitrogens is 1. The van der Waals surface area contributed by atoms with E-state index < -0.39 is 31.4 Å². The molecule has 1 aliphatic carbocycles. The highest BCUT2D eigenvalue weighted by molar-refractivity contribution is 7.91. The van der Waals surface area contributed by atoms with Crippen LogP contribution in [0.25, 0.3) is 16.6 Å². The Balaban J connectivity index is 1.16. The van der Waals surface area contributed by atoms with Gasteiger partial charge in [0.1, 0.15) is 5.69 Å². The van der Waals surface area contributed by atoms with Crippen molar-refractivity contribution in [3.63, 3.8) is 0 Å². The van der Waals surface area contributed by atoms with E-state index in [1.54, 1.807) is 60.5 Å². The number of hydrogen-bond acceptors (Lipinski definition) is 6. The van der Waals surface area contributed by atoms with E-state index in [0.29, 0.717) is 48.3 Å². The maximum atomic E-state index is 13.5. The summed E-state index contributed by atoms with van der Waals surface area (Å²) in [5, 5.41) is 3.94. The molecule has 48 heavy (non-hydrogen) atoms. The number of amides is 3. The Morgan fingerprint density at radius 1 is 0.854 bits per heavy atom. The number of nitrogens with one attached hydrogen (secondary N) is 2. The largest absolute Gasteiger partial charge is 0.340 e. The Bertz CT molecular complexity index is 2300. The Hall–Kier alpha value is -4.65. The number of halogens is 1. The number of urea groups is 1. The third kappa shape index (κ3) is 5.84. The summed E-state index contributed by atoms with van der Waals surface area (Å²) in [6, 6.07) is 25.6. The molecule has 10 nitrogen and oxygen atoms in total. The molecule has 0 radical (unpaired) electrons. The SMILES string of the molecule is CN1CCc2c(n(-c3ccc(CC4(NC(=O)NS(=O)(=O)c5ccc(Cl)cc5)CC4)cc3)c3ccc(S(=O)(=O)c4ccccc4)cc23)C1=O. The third-order valence-electron chi connectivity index (χ3n) is 8.97. The smallest absolute Gasteiger partial charge is 0.329 e. The fourth-order valence-corrected chi connectivity index (χ4v) is 8.60. The van der Waals surface area contributed by atoms with E-state index in [2.05, 4.69) is 10.0 Å². The molecule has 0 unspecified atom stereocenters. The van der Waals surface area contributed by atoms with Crippen molar-refractivity contribution in [2.45, 2.75) is 45.9 Å². The van der Waals surface area contributed by atoms with E-state index in [0.717, 1.165) is 22.3 Å². The molecule has 13 heteroatoms. The van der Waals surface area contributed by atoms with Crippen LogP contribution in [-0.2, 0) is 32.7 Å². The second-order valence-electron chi connectivity index (χ2n) is 12.3. The van der Waals surface area contributed by atoms with Crippen LogP contribution < -0.4 is 10.0 Å². The summed E-state index contributed by atoms with van der Waals surface area (Å²) >= 11 is 5.85. The number of benzene rings is 4. The molecular formula is C35H31ClN4O6S2. The Morgan fingerprint density at radius 2 is 1.52 bits per heavy atom. The Labute approximate surface area is 283 Å². The number of carbonyl (C=O) groups is 2. The normalized spacial score (nSPS) is 15.6. The lowest BCUT2D eigenvalue weighted by Gasteiger charge is -2.24. The maximum Gasteiger partial charge on any atom is 0.329 e. The average Bonchev–Trinajstić information content (AvgIpc) is 3.73. The van der Waals surface area contributed by atoms with Gasteiger partial charge in [0.15, 0.2) is 0 Å². The molecule has 0 atom stereocenters. The van der Waals surface area contributed by atoms with E-state index in [9.17, 15) is 26.4 Å². The van der Waals surface area contributed by atoms with Crippen LogP contribution in [0.5, 0.6) is 0 Å². The van der Waals surface area contributed by atoms with Crippen molar-refractivity contribution < 1.29 is 26.4 Å². The van der Waals surface area contributed by atoms with Gasteiger partial charge < -0.3 is 14.8 Å². The highest BCUT2D eigenvalue weighted by Gasteiger charge is 2.44. The minimum Gasteiger partial charge on any atom is -0.340 e. The van der Waals surface area contributed by atoms with E-state index in [-0.39, 0.29) is 20.6 Å². The Morgan fingerprint density at radius 3 is 2.19 bits per heavy atom. The van der Waals surface area contributed by atoms with Crippen LogP contribution in [0.3, 0.4) is 0 Å². The van der Waals surface area contributed by atoms with Crippen LogP contribution in [0.15, 0.2) is 112 Å². The van der Waals surface area contributed by atoms with Crippen LogP contribution in [-0.4, -0.2) is 57.4 Å². The number of sulfonamides is 1. The van der Waals surface area contributed by atoms with Gasteiger partial charge in [-0.3, -0.25) is 4.79 Å². The highest BCUT2D eigenvalue weighted by atomic mass is 35.5. The maximum absolute atomic E-state index is 13.5. The predicted octanol–water partition coefficient (Wildman–Crippen LogP) is 5.51. The zero-order valence-electron chi connectivity index (χ0n) is 25.8. The molecule has 2 N–H and O–H groups in total. The Kier molecular flexibility index (Phi) is 7.85. The molecule has 0 spiro atoms. The molecule has 7 rings (SSSR count). The van der Waals surface area contributed by atoms with E-state index in [1.165, 1.54) is 24.3 Å². The summed E-state index contributed by atoms with van der Waals surface area (Å²) in [7, 11) is -6.09. The fourth-order valence-electron chi connectivity index (χ4n) is 6.26. The number of sulfone groups is 1. The first-order valence-electron chi connectivity index (χ1n) is 15.3. The molecule has 2 aliphatic rings. The van der Waals surface area contributed by atoms with Gasteiger partial charge in [0, 0.05) is 35.2 Å². The van der Waals surface area contributed by atoms with Crippen molar-refractivity contribution >= 4 is 54.3 Å². The number of likely N-dealkylation sites (N-methyl/N-ethyl adjacent to an activating group) is 1. The molecule has 1 aromatic heterocycles. The molecule has 3 amide bonds. The monoisotopic (exact) mass is 702 g/mol. The van der Waals surface area contributed by atoms with Gasteiger partial charge >= 0.3 is 6.03 Å². The second-order valence-corrected chi connectivity index (χ2v) is 16.3. The number of fused-ring (bicyclic) bond motifs is 3. The molecule has 4 aromatic carbocycles. The molecule has 0 bridgehead atoms. The molecular weight excluding hydrogens is 672 g/mol. The summed E-state index contributed by atoms with van der Waals surface area (Å²) in [6.45, 7) is 0.517. The second kappa shape index (κ2) is 11.8. The third-order valence-corrected chi connectivity index (χ3v) is 12.3. The van der Waals surface area contributed by atoms with Gasteiger partial charge in [0.2, 0.25) is 9.84 Å². The highest BCUT2D eigenvalue weighted by Crippen LogP contribution is 2.40. The molecule has 2 heterocycles. The van der Waals surface area contributed by atoms with E-state index in [1.807, 2.05) is 28.8 Å². The van der Waals surface area contributed by atoms with Gasteiger partial charge in [0.05, 0.1) is 20.2 Å². The van der Waals surface area contributed by atoms with Crippen LogP contribution in [0.2, 0.25) is 5.02 Å². The van der Waals surface area contributed by atoms with Crippen molar-refractivity contribution in [2.75, 3.05) is 13.6 Å². The number of hydrogen-bond donors (Lipinski definition) is 2. The quantitative estimate of drug-likeness (QED) is 0.219. The molecule has 0 saturated heterocycles. The van der Waals surface area contributed by atoms with Crippen molar-refractivity contribution in [3.05, 3.63) is 119 Å². The van der Waals surface area contributed by atoms with Crippen LogP contribution >= 0.6 is 11.6 Å². The van der Waals surface area contributed by atoms with Crippen LogP contribution in [0, 0.1) is 0 Å². The number of carbonyl (C=O) groups excluding carboxylic acids is 2. The lowest BCUT2D eigenvalue weighted by Crippen LogP contribution is -2.46. The first-order chi connectivity index (χ1) is 22.9. The summed E-state index contributed by atoms with van der Waals surface area (Å²) in [5.41, 5.74) is 3.10. The molecule has 246 valence electrons. The average molecular weight is 703 g/mol. The molecule has 5 aromatic rings. The van der Waals surface area contributed by atoms with Crippen molar-refractivity contribution in [1.82, 2.24) is 19.5 Å². The lowest BCUT2D eigenvalue weighted by atomic mass is 10.0. The zero-order chi connectivity index (χ0) is 33.8. The fraction of sp³-hybridized carbons (Fsp3) is 0.200. The molecule has 1 saturated carbocycles. The summed E-state index contributed by atoms with van der Waals surface area (Å²) in [6.07, 6.45) is 2.44. The van der Waals surface area contributed by atoms with Gasteiger partial charge in [-0.1, -0.05) is 41.9 Å². The van der Waals surface area contributed by atoms with Gasteiger partial charge in [-0.15, -0.1) is 0 Å². The van der Waals surface area contributed by atoms with E-state index >= 15 is 0 Å². The minimum atomic E-state index is -4.07. The van der Waals surface area contributed by atoms with Gasteiger partial charge in [-0.25, -0.2) is 26.4 Å². The van der Waals surface area contributed by atoms with Gasteiger partial charge in [-0.2, -0.15) is 0 Å². The van der Waals surface area contributed by atoms with Crippen molar-refractivity contribution in [1.29, 1.82) is 0 Å². The summed E-state index contributed by atoms with van der Waals surface area (Å²) < 4.78 is 56.2. The molecule has 1 fully saturated rings. The topological polar surface area (TPSA) is 135 Å². The standard InChI is InChI=1S/C35H31ClN4O6S2/c1-39-20-17-29-30-21-28(47(43,44)26-5-3-2-4-6-26)15-16-31(30)40(32(29)33(39)41)25-11-7-23(8-12-25)22-35(18-19-35)37-34(42)38-48(45,46)27-13-9-24(36)10-14-27/h2-16,21H,17-20,22H2,1H3,(H2,37,38,42). The van der Waals surface area contributed by atoms with Crippen molar-refractivity contribution in [2.24, 2.45) is 0 Å². The minimum absolute atomic E-state index is 0.0686. The summed E-state index contributed by atoms with van der Waals surface area (Å²) in [4.78, 5) is 28.2. The van der Waals surface area contributed by atoms with Crippen LogP contribution in [0.1, 0.15) is 34.5 Å². The number of rotatable bonds is 8. The van der Waals surface area contributed by atoms with Gasteiger partial charge in [-0.05, 0) is 104 Å². The van der Waals surface area contributed by atoms with Crippen molar-refractivity contribution in [3.8, 4) is 5.69 Å². The summed E-state index contributed by atoms with van der Waals surface area (Å²) in [5.74, 6) is -0.148. The molecule has 1 aliphatic heterocycles. The first kappa shape index (κ1) is 31.9. The van der Waals surface area contributed by atoms with E-state index in [4.69, 9.17) is 11.6 Å². The predicted molar refractivity (Wildman–Crippen MR) is 182 cm³/mol. The zero-order valence-corrected chi connectivity index (χ0v) is 28.2. The van der Waals surface area contributed by atoms with Gasteiger partial charge in [0.25, 0.3) is 15.9 Å².